The van der Waals surface area contributed by atoms with Gasteiger partial charge in [0, 0.05) is 39.7 Å². The minimum absolute atomic E-state index is 0.172. The number of rotatable bonds is 6. The van der Waals surface area contributed by atoms with Crippen LogP contribution >= 0.6 is 23.4 Å². The number of nitrogen functional groups attached to an aromatic ring is 1. The second kappa shape index (κ2) is 8.19. The lowest BCUT2D eigenvalue weighted by molar-refractivity contribution is 0.303. The van der Waals surface area contributed by atoms with Crippen molar-refractivity contribution in [2.45, 2.75) is 43.7 Å². The molecule has 0 aliphatic heterocycles. The molecule has 0 atom stereocenters. The van der Waals surface area contributed by atoms with Crippen LogP contribution in [-0.2, 0) is 17.8 Å². The molecule has 6 nitrogen and oxygen atoms in total. The summed E-state index contributed by atoms with van der Waals surface area (Å²) in [6.45, 7) is 6.59. The number of pyridine rings is 1. The summed E-state index contributed by atoms with van der Waals surface area (Å²) in [5, 5.41) is 9.74. The first-order valence-electron chi connectivity index (χ1n) is 8.48. The third kappa shape index (κ3) is 4.93. The Morgan fingerprint density at radius 3 is 2.70 bits per heavy atom. The van der Waals surface area contributed by atoms with E-state index in [-0.39, 0.29) is 5.41 Å². The van der Waals surface area contributed by atoms with Crippen LogP contribution in [0.1, 0.15) is 37.7 Å². The normalized spacial score (nSPS) is 11.6. The van der Waals surface area contributed by atoms with Crippen LogP contribution in [0, 0.1) is 0 Å². The van der Waals surface area contributed by atoms with E-state index in [4.69, 9.17) is 22.2 Å². The maximum atomic E-state index is 6.18. The lowest BCUT2D eigenvalue weighted by Gasteiger charge is -2.16. The van der Waals surface area contributed by atoms with Crippen LogP contribution in [0.2, 0.25) is 5.02 Å². The molecule has 0 saturated carbocycles. The maximum Gasteiger partial charge on any atom is 0.210 e. The Hall–Kier alpha value is -2.25. The average molecular weight is 404 g/mol. The zero-order valence-corrected chi connectivity index (χ0v) is 17.1. The zero-order chi connectivity index (χ0) is 19.4. The third-order valence-electron chi connectivity index (χ3n) is 3.83. The quantitative estimate of drug-likeness (QED) is 0.490. The number of benzene rings is 1. The molecule has 0 amide bonds. The lowest BCUT2D eigenvalue weighted by atomic mass is 9.96. The number of nitrogens with zero attached hydrogens (tertiary/aromatic N) is 4. The first-order chi connectivity index (χ1) is 12.8. The van der Waals surface area contributed by atoms with Gasteiger partial charge in [-0.1, -0.05) is 50.2 Å². The van der Waals surface area contributed by atoms with E-state index in [1.54, 1.807) is 17.1 Å². The van der Waals surface area contributed by atoms with Gasteiger partial charge in [0.05, 0.1) is 0 Å². The van der Waals surface area contributed by atoms with Crippen molar-refractivity contribution in [2.75, 3.05) is 5.84 Å². The molecule has 2 N–H and O–H groups in total. The molecule has 27 heavy (non-hydrogen) atoms. The predicted molar refractivity (Wildman–Crippen MR) is 108 cm³/mol. The monoisotopic (exact) mass is 403 g/mol. The van der Waals surface area contributed by atoms with Crippen molar-refractivity contribution >= 4 is 23.4 Å². The Bertz CT molecular complexity index is 908. The fourth-order valence-electron chi connectivity index (χ4n) is 2.48. The van der Waals surface area contributed by atoms with Gasteiger partial charge in [-0.3, -0.25) is 4.98 Å². The average Bonchev–Trinajstić information content (AvgIpc) is 3.01. The molecule has 0 aliphatic carbocycles. The van der Waals surface area contributed by atoms with Gasteiger partial charge in [0.2, 0.25) is 5.16 Å². The summed E-state index contributed by atoms with van der Waals surface area (Å²) in [5.74, 6) is 8.29. The van der Waals surface area contributed by atoms with Gasteiger partial charge >= 0.3 is 0 Å². The SMILES string of the molecule is CC(C)(C)c1nnc(SCc2cc(Cl)ccc2OCc2cccnc2)n1N. The number of halogens is 1. The summed E-state index contributed by atoms with van der Waals surface area (Å²) < 4.78 is 7.52. The van der Waals surface area contributed by atoms with Crippen LogP contribution in [0.15, 0.2) is 47.9 Å². The van der Waals surface area contributed by atoms with Crippen molar-refractivity contribution in [3.8, 4) is 5.75 Å². The first kappa shape index (κ1) is 19.5. The van der Waals surface area contributed by atoms with E-state index in [1.165, 1.54) is 11.8 Å². The van der Waals surface area contributed by atoms with Gasteiger partial charge in [0.15, 0.2) is 5.82 Å². The molecular formula is C19H22ClN5OS. The molecule has 0 radical (unpaired) electrons. The molecule has 0 unspecified atom stereocenters. The molecule has 1 aromatic carbocycles. The van der Waals surface area contributed by atoms with Gasteiger partial charge in [-0.15, -0.1) is 10.2 Å². The number of hydrogen-bond acceptors (Lipinski definition) is 6. The highest BCUT2D eigenvalue weighted by molar-refractivity contribution is 7.98. The van der Waals surface area contributed by atoms with Crippen molar-refractivity contribution in [2.24, 2.45) is 0 Å². The molecule has 2 aromatic heterocycles. The highest BCUT2D eigenvalue weighted by atomic mass is 35.5. The Kier molecular flexibility index (Phi) is 5.92. The summed E-state index contributed by atoms with van der Waals surface area (Å²) in [6, 6.07) is 9.45. The molecule has 2 heterocycles. The summed E-state index contributed by atoms with van der Waals surface area (Å²) in [4.78, 5) is 4.10. The van der Waals surface area contributed by atoms with Crippen molar-refractivity contribution in [1.29, 1.82) is 0 Å². The van der Waals surface area contributed by atoms with Gasteiger partial charge < -0.3 is 10.6 Å². The Labute approximate surface area is 168 Å². The number of thioether (sulfide) groups is 1. The number of hydrogen-bond donors (Lipinski definition) is 1. The number of aromatic nitrogens is 4. The summed E-state index contributed by atoms with van der Waals surface area (Å²) in [5.41, 5.74) is 1.80. The molecule has 3 aromatic rings. The largest absolute Gasteiger partial charge is 0.489 e. The molecular weight excluding hydrogens is 382 g/mol. The third-order valence-corrected chi connectivity index (χ3v) is 5.06. The molecule has 0 bridgehead atoms. The molecule has 0 fully saturated rings. The van der Waals surface area contributed by atoms with Crippen LogP contribution in [-0.4, -0.2) is 19.9 Å². The van der Waals surface area contributed by atoms with Gasteiger partial charge in [0.1, 0.15) is 12.4 Å². The standard InChI is InChI=1S/C19H22ClN5OS/c1-19(2,3)17-23-24-18(25(17)21)27-12-14-9-15(20)6-7-16(14)26-11-13-5-4-8-22-10-13/h4-10H,11-12,21H2,1-3H3. The van der Waals surface area contributed by atoms with Gasteiger partial charge in [-0.2, -0.15) is 0 Å². The second-order valence-corrected chi connectivity index (χ2v) is 8.50. The number of nitrogens with two attached hydrogens (primary N) is 1. The van der Waals surface area contributed by atoms with Crippen molar-refractivity contribution in [3.05, 3.63) is 64.7 Å². The maximum absolute atomic E-state index is 6.18. The molecule has 0 saturated heterocycles. The predicted octanol–water partition coefficient (Wildman–Crippen LogP) is 4.21. The summed E-state index contributed by atoms with van der Waals surface area (Å²) in [6.07, 6.45) is 3.53. The van der Waals surface area contributed by atoms with Crippen LogP contribution in [0.25, 0.3) is 0 Å². The van der Waals surface area contributed by atoms with E-state index in [1.807, 2.05) is 30.3 Å². The smallest absolute Gasteiger partial charge is 0.210 e. The lowest BCUT2D eigenvalue weighted by Crippen LogP contribution is -2.24. The van der Waals surface area contributed by atoms with Gasteiger partial charge in [0.25, 0.3) is 0 Å². The van der Waals surface area contributed by atoms with E-state index in [0.29, 0.717) is 22.5 Å². The topological polar surface area (TPSA) is 78.9 Å². The van der Waals surface area contributed by atoms with Crippen LogP contribution in [0.4, 0.5) is 0 Å². The highest BCUT2D eigenvalue weighted by Gasteiger charge is 2.23. The van der Waals surface area contributed by atoms with Crippen molar-refractivity contribution < 1.29 is 4.74 Å². The Morgan fingerprint density at radius 2 is 2.04 bits per heavy atom. The van der Waals surface area contributed by atoms with Crippen LogP contribution < -0.4 is 10.6 Å². The van der Waals surface area contributed by atoms with E-state index >= 15 is 0 Å². The van der Waals surface area contributed by atoms with E-state index in [0.717, 1.165) is 22.7 Å². The fraction of sp³-hybridized carbons (Fsp3) is 0.316. The zero-order valence-electron chi connectivity index (χ0n) is 15.5. The summed E-state index contributed by atoms with van der Waals surface area (Å²) in [7, 11) is 0. The minimum atomic E-state index is -0.172. The van der Waals surface area contributed by atoms with Crippen molar-refractivity contribution in [3.63, 3.8) is 0 Å². The Morgan fingerprint density at radius 1 is 1.22 bits per heavy atom. The molecule has 8 heteroatoms. The highest BCUT2D eigenvalue weighted by Crippen LogP contribution is 2.31. The molecule has 0 spiro atoms. The number of ether oxygens (including phenoxy) is 1. The second-order valence-electron chi connectivity index (χ2n) is 7.12. The minimum Gasteiger partial charge on any atom is -0.489 e. The van der Waals surface area contributed by atoms with Gasteiger partial charge in [-0.25, -0.2) is 4.68 Å². The Balaban J connectivity index is 1.73. The van der Waals surface area contributed by atoms with E-state index in [9.17, 15) is 0 Å². The van der Waals surface area contributed by atoms with Crippen LogP contribution in [0.5, 0.6) is 5.75 Å². The van der Waals surface area contributed by atoms with Crippen molar-refractivity contribution in [1.82, 2.24) is 19.9 Å². The molecule has 3 rings (SSSR count). The van der Waals surface area contributed by atoms with Crippen LogP contribution in [0.3, 0.4) is 0 Å². The first-order valence-corrected chi connectivity index (χ1v) is 9.85. The van der Waals surface area contributed by atoms with Gasteiger partial charge in [-0.05, 0) is 24.3 Å². The summed E-state index contributed by atoms with van der Waals surface area (Å²) >= 11 is 7.67. The van der Waals surface area contributed by atoms with E-state index in [2.05, 4.69) is 36.0 Å². The fourth-order valence-corrected chi connectivity index (χ4v) is 3.50. The van der Waals surface area contributed by atoms with E-state index < -0.39 is 0 Å². The molecule has 142 valence electrons. The molecule has 0 aliphatic rings.